The van der Waals surface area contributed by atoms with Gasteiger partial charge in [0.05, 0.1) is 66.1 Å². The van der Waals surface area contributed by atoms with E-state index in [2.05, 4.69) is 13.5 Å². The maximum atomic E-state index is 10.8. The summed E-state index contributed by atoms with van der Waals surface area (Å²) in [6.07, 6.45) is 10.7. The van der Waals surface area contributed by atoms with E-state index < -0.39 is 5.97 Å². The first kappa shape index (κ1) is 34.9. The lowest BCUT2D eigenvalue weighted by Crippen LogP contribution is -2.15. The van der Waals surface area contributed by atoms with Crippen molar-refractivity contribution in [3.63, 3.8) is 0 Å². The Morgan fingerprint density at radius 2 is 1.21 bits per heavy atom. The van der Waals surface area contributed by atoms with Gasteiger partial charge >= 0.3 is 5.97 Å². The number of carbonyl (C=O) groups is 1. The van der Waals surface area contributed by atoms with Gasteiger partial charge in [0, 0.05) is 6.08 Å². The second-order valence-corrected chi connectivity index (χ2v) is 8.94. The zero-order valence-corrected chi connectivity index (χ0v) is 23.9. The third kappa shape index (κ3) is 21.3. The molecule has 1 rings (SSSR count). The van der Waals surface area contributed by atoms with E-state index in [0.717, 1.165) is 30.2 Å². The summed E-state index contributed by atoms with van der Waals surface area (Å²) in [5.41, 5.74) is 0.943. The van der Waals surface area contributed by atoms with Crippen molar-refractivity contribution in [1.29, 1.82) is 0 Å². The number of aromatic hydroxyl groups is 1. The Balaban J connectivity index is 1.88. The van der Waals surface area contributed by atoms with Crippen LogP contribution in [0.3, 0.4) is 0 Å². The highest BCUT2D eigenvalue weighted by molar-refractivity contribution is 5.81. The predicted molar refractivity (Wildman–Crippen MR) is 151 cm³/mol. The number of phenolic OH excluding ortho intramolecular Hbond substituents is 1. The fraction of sp³-hybridized carbons (Fsp3) is 0.700. The molecule has 9 nitrogen and oxygen atoms in total. The molecule has 0 atom stereocenters. The molecule has 0 unspecified atom stereocenters. The van der Waals surface area contributed by atoms with Crippen LogP contribution >= 0.6 is 0 Å². The van der Waals surface area contributed by atoms with Crippen LogP contribution in [0.2, 0.25) is 0 Å². The van der Waals surface area contributed by atoms with Crippen molar-refractivity contribution >= 4 is 5.97 Å². The van der Waals surface area contributed by atoms with Crippen LogP contribution < -0.4 is 4.74 Å². The average molecular weight is 555 g/mol. The van der Waals surface area contributed by atoms with Crippen LogP contribution in [0.15, 0.2) is 30.9 Å². The van der Waals surface area contributed by atoms with Gasteiger partial charge in [-0.05, 0) is 36.6 Å². The highest BCUT2D eigenvalue weighted by Gasteiger charge is 2.04. The molecule has 0 heterocycles. The number of hydrogen-bond donors (Lipinski definition) is 1. The molecule has 0 spiro atoms. The molecule has 0 saturated carbocycles. The van der Waals surface area contributed by atoms with Crippen LogP contribution in [0, 0.1) is 0 Å². The molecule has 0 amide bonds. The molecule has 0 saturated heterocycles. The molecule has 1 aromatic carbocycles. The normalized spacial score (nSPS) is 11.0. The van der Waals surface area contributed by atoms with Crippen molar-refractivity contribution in [3.8, 4) is 11.5 Å². The van der Waals surface area contributed by atoms with Gasteiger partial charge in [0.25, 0.3) is 0 Å². The van der Waals surface area contributed by atoms with E-state index in [1.165, 1.54) is 38.5 Å². The second-order valence-electron chi connectivity index (χ2n) is 8.94. The van der Waals surface area contributed by atoms with E-state index in [9.17, 15) is 9.90 Å². The minimum atomic E-state index is -0.456. The summed E-state index contributed by atoms with van der Waals surface area (Å²) in [5, 5.41) is 10.1. The fourth-order valence-electron chi connectivity index (χ4n) is 3.58. The van der Waals surface area contributed by atoms with E-state index in [1.807, 2.05) is 6.07 Å². The Bertz CT molecular complexity index is 726. The summed E-state index contributed by atoms with van der Waals surface area (Å²) >= 11 is 0. The van der Waals surface area contributed by atoms with Crippen molar-refractivity contribution in [1.82, 2.24) is 0 Å². The molecule has 0 bridgehead atoms. The van der Waals surface area contributed by atoms with Gasteiger partial charge in [-0.15, -0.1) is 0 Å². The lowest BCUT2D eigenvalue weighted by molar-refractivity contribution is -0.139. The molecule has 0 aliphatic heterocycles. The maximum Gasteiger partial charge on any atom is 0.330 e. The van der Waals surface area contributed by atoms with E-state index in [0.29, 0.717) is 78.4 Å². The summed E-state index contributed by atoms with van der Waals surface area (Å²) in [6, 6.07) is 5.43. The Hall–Kier alpha value is -2.17. The van der Waals surface area contributed by atoms with Gasteiger partial charge in [-0.3, -0.25) is 0 Å². The van der Waals surface area contributed by atoms with Crippen molar-refractivity contribution in [2.45, 2.75) is 58.3 Å². The van der Waals surface area contributed by atoms with Gasteiger partial charge in [0.15, 0.2) is 0 Å². The minimum Gasteiger partial charge on any atom is -0.508 e. The molecular formula is C30H50O9. The molecule has 1 aromatic rings. The number of carbonyl (C=O) groups excluding carboxylic acids is 1. The number of esters is 1. The Kier molecular flexibility index (Phi) is 23.3. The molecule has 0 fully saturated rings. The first-order valence-corrected chi connectivity index (χ1v) is 14.3. The molecule has 39 heavy (non-hydrogen) atoms. The Labute approximate surface area is 234 Å². The lowest BCUT2D eigenvalue weighted by Gasteiger charge is -2.11. The molecule has 1 N–H and O–H groups in total. The summed E-state index contributed by atoms with van der Waals surface area (Å²) < 4.78 is 37.7. The van der Waals surface area contributed by atoms with Gasteiger partial charge in [0.1, 0.15) is 24.7 Å². The zero-order valence-electron chi connectivity index (χ0n) is 23.9. The molecule has 0 aromatic heterocycles. The van der Waals surface area contributed by atoms with Crippen molar-refractivity contribution in [2.24, 2.45) is 0 Å². The number of rotatable bonds is 28. The van der Waals surface area contributed by atoms with E-state index in [-0.39, 0.29) is 6.61 Å². The van der Waals surface area contributed by atoms with Gasteiger partial charge in [0.2, 0.25) is 0 Å². The summed E-state index contributed by atoms with van der Waals surface area (Å²) in [5.74, 6) is 0.637. The molecular weight excluding hydrogens is 504 g/mol. The van der Waals surface area contributed by atoms with E-state index in [4.69, 9.17) is 33.2 Å². The maximum absolute atomic E-state index is 10.8. The first-order valence-electron chi connectivity index (χ1n) is 14.3. The third-order valence-electron chi connectivity index (χ3n) is 5.72. The van der Waals surface area contributed by atoms with Crippen LogP contribution in [-0.4, -0.2) is 90.4 Å². The standard InChI is InChI=1S/C30H50O9/c1-3-5-6-7-8-9-10-11-27-26-28(12-13-29(27)31)38-24-22-36-20-18-34-16-14-33-15-17-35-19-21-37-23-25-39-30(32)4-2/h4,12-13,26,31H,2-3,5-11,14-25H2,1H3. The van der Waals surface area contributed by atoms with Crippen LogP contribution in [0.1, 0.15) is 57.4 Å². The van der Waals surface area contributed by atoms with Crippen LogP contribution in [0.25, 0.3) is 0 Å². The SMILES string of the molecule is C=CC(=O)OCCOCCOCCOCCOCCOCCOc1ccc(O)c(CCCCCCCCC)c1. The number of unbranched alkanes of at least 4 members (excludes halogenated alkanes) is 6. The molecule has 0 radical (unpaired) electrons. The topological polar surface area (TPSA) is 102 Å². The highest BCUT2D eigenvalue weighted by Crippen LogP contribution is 2.25. The Morgan fingerprint density at radius 3 is 1.74 bits per heavy atom. The number of aryl methyl sites for hydroxylation is 1. The van der Waals surface area contributed by atoms with Crippen molar-refractivity contribution in [2.75, 3.05) is 79.3 Å². The van der Waals surface area contributed by atoms with E-state index in [1.54, 1.807) is 12.1 Å². The van der Waals surface area contributed by atoms with Crippen LogP contribution in [-0.2, 0) is 39.6 Å². The average Bonchev–Trinajstić information content (AvgIpc) is 2.95. The van der Waals surface area contributed by atoms with Crippen molar-refractivity contribution < 1.29 is 43.1 Å². The van der Waals surface area contributed by atoms with Crippen LogP contribution in [0.4, 0.5) is 0 Å². The highest BCUT2D eigenvalue weighted by atomic mass is 16.6. The molecule has 224 valence electrons. The van der Waals surface area contributed by atoms with Crippen molar-refractivity contribution in [3.05, 3.63) is 36.4 Å². The van der Waals surface area contributed by atoms with Gasteiger partial charge < -0.3 is 38.3 Å². The van der Waals surface area contributed by atoms with Gasteiger partial charge in [-0.1, -0.05) is 52.0 Å². The first-order chi connectivity index (χ1) is 19.2. The fourth-order valence-corrected chi connectivity index (χ4v) is 3.58. The second kappa shape index (κ2) is 26.1. The quantitative estimate of drug-likeness (QED) is 0.0882. The van der Waals surface area contributed by atoms with E-state index >= 15 is 0 Å². The molecule has 9 heteroatoms. The summed E-state index contributed by atoms with van der Waals surface area (Å²) in [7, 11) is 0. The molecule has 0 aliphatic carbocycles. The van der Waals surface area contributed by atoms with Gasteiger partial charge in [-0.2, -0.15) is 0 Å². The third-order valence-corrected chi connectivity index (χ3v) is 5.72. The number of phenols is 1. The Morgan fingerprint density at radius 1 is 0.718 bits per heavy atom. The van der Waals surface area contributed by atoms with Gasteiger partial charge in [-0.25, -0.2) is 4.79 Å². The number of hydrogen-bond acceptors (Lipinski definition) is 9. The summed E-state index contributed by atoms with van der Waals surface area (Å²) in [6.45, 7) is 10.8. The lowest BCUT2D eigenvalue weighted by atomic mass is 10.0. The van der Waals surface area contributed by atoms with Crippen LogP contribution in [0.5, 0.6) is 11.5 Å². The molecule has 0 aliphatic rings. The summed E-state index contributed by atoms with van der Waals surface area (Å²) in [4.78, 5) is 10.8. The number of ether oxygens (including phenoxy) is 7. The smallest absolute Gasteiger partial charge is 0.330 e. The largest absolute Gasteiger partial charge is 0.508 e. The monoisotopic (exact) mass is 554 g/mol. The minimum absolute atomic E-state index is 0.201. The zero-order chi connectivity index (χ0) is 28.2. The predicted octanol–water partition coefficient (Wildman–Crippen LogP) is 4.88. The number of benzene rings is 1.